The highest BCUT2D eigenvalue weighted by Crippen LogP contribution is 2.38. The molecule has 7 nitrogen and oxygen atoms in total. The van der Waals surface area contributed by atoms with Crippen LogP contribution in [-0.2, 0) is 19.6 Å². The van der Waals surface area contributed by atoms with Crippen molar-refractivity contribution in [1.82, 2.24) is 10.1 Å². The molecule has 2 aromatic rings. The van der Waals surface area contributed by atoms with Crippen LogP contribution < -0.4 is 14.2 Å². The maximum Gasteiger partial charge on any atom is 0.264 e. The van der Waals surface area contributed by atoms with Crippen LogP contribution in [0.4, 0.5) is 0 Å². The van der Waals surface area contributed by atoms with Crippen LogP contribution in [0.5, 0.6) is 17.2 Å². The number of aliphatic hydroxyl groups is 1. The lowest BCUT2D eigenvalue weighted by molar-refractivity contribution is 0.173. The van der Waals surface area contributed by atoms with Crippen molar-refractivity contribution in [3.63, 3.8) is 0 Å². The van der Waals surface area contributed by atoms with Gasteiger partial charge in [0.05, 0.1) is 6.61 Å². The molecule has 0 bridgehead atoms. The summed E-state index contributed by atoms with van der Waals surface area (Å²) < 4.78 is 21.2. The lowest BCUT2D eigenvalue weighted by Gasteiger charge is -2.09. The van der Waals surface area contributed by atoms with Crippen molar-refractivity contribution in [2.24, 2.45) is 0 Å². The molecule has 0 radical (unpaired) electrons. The van der Waals surface area contributed by atoms with Crippen LogP contribution in [0.1, 0.15) is 24.2 Å². The number of ether oxygens (including phenoxy) is 3. The molecular weight excluding hydrogens is 264 g/mol. The zero-order valence-electron chi connectivity index (χ0n) is 11.0. The van der Waals surface area contributed by atoms with Gasteiger partial charge in [-0.1, -0.05) is 12.1 Å². The van der Waals surface area contributed by atoms with E-state index in [0.717, 1.165) is 0 Å². The van der Waals surface area contributed by atoms with Crippen LogP contribution in [0.2, 0.25) is 0 Å². The smallest absolute Gasteiger partial charge is 0.264 e. The minimum absolute atomic E-state index is 0.139. The highest BCUT2D eigenvalue weighted by Gasteiger charge is 2.18. The summed E-state index contributed by atoms with van der Waals surface area (Å²) in [5.41, 5.74) is 0.615. The topological polar surface area (TPSA) is 86.8 Å². The average molecular weight is 278 g/mol. The van der Waals surface area contributed by atoms with E-state index in [1.54, 1.807) is 12.1 Å². The van der Waals surface area contributed by atoms with Crippen molar-refractivity contribution in [1.29, 1.82) is 0 Å². The molecule has 0 unspecified atom stereocenters. The van der Waals surface area contributed by atoms with Gasteiger partial charge < -0.3 is 23.8 Å². The van der Waals surface area contributed by atoms with Crippen molar-refractivity contribution < 1.29 is 23.8 Å². The molecule has 1 aromatic carbocycles. The van der Waals surface area contributed by atoms with Gasteiger partial charge in [-0.2, -0.15) is 4.98 Å². The molecule has 3 rings (SSSR count). The third-order valence-corrected chi connectivity index (χ3v) is 2.90. The monoisotopic (exact) mass is 278 g/mol. The van der Waals surface area contributed by atoms with Crippen LogP contribution in [-0.4, -0.2) is 22.0 Å². The first-order valence-corrected chi connectivity index (χ1v) is 6.27. The van der Waals surface area contributed by atoms with E-state index < -0.39 is 0 Å². The molecule has 7 heteroatoms. The van der Waals surface area contributed by atoms with Crippen molar-refractivity contribution in [2.75, 3.05) is 6.79 Å². The Hall–Kier alpha value is -2.28. The zero-order chi connectivity index (χ0) is 13.9. The standard InChI is InChI=1S/C13H14N2O5/c1-2-12-14-13(20-15-12)6-17-9-4-11-10(18-7-19-11)3-8(9)5-16/h3-4,16H,2,5-7H2,1H3. The van der Waals surface area contributed by atoms with Gasteiger partial charge in [0, 0.05) is 18.1 Å². The van der Waals surface area contributed by atoms with E-state index in [4.69, 9.17) is 18.7 Å². The Bertz CT molecular complexity index is 611. The van der Waals surface area contributed by atoms with E-state index in [-0.39, 0.29) is 20.0 Å². The van der Waals surface area contributed by atoms with E-state index in [2.05, 4.69) is 10.1 Å². The van der Waals surface area contributed by atoms with E-state index in [1.807, 2.05) is 6.92 Å². The molecule has 20 heavy (non-hydrogen) atoms. The lowest BCUT2D eigenvalue weighted by atomic mass is 10.2. The van der Waals surface area contributed by atoms with E-state index in [1.165, 1.54) is 0 Å². The molecule has 0 saturated heterocycles. The maximum absolute atomic E-state index is 9.36. The summed E-state index contributed by atoms with van der Waals surface area (Å²) >= 11 is 0. The van der Waals surface area contributed by atoms with Gasteiger partial charge in [0.1, 0.15) is 5.75 Å². The number of hydrogen-bond acceptors (Lipinski definition) is 7. The van der Waals surface area contributed by atoms with Gasteiger partial charge >= 0.3 is 0 Å². The van der Waals surface area contributed by atoms with Crippen LogP contribution >= 0.6 is 0 Å². The van der Waals surface area contributed by atoms with Crippen molar-refractivity contribution in [3.8, 4) is 17.2 Å². The SMILES string of the molecule is CCc1noc(COc2cc3c(cc2CO)OCO3)n1. The summed E-state index contributed by atoms with van der Waals surface area (Å²) in [5.74, 6) is 2.73. The predicted molar refractivity (Wildman–Crippen MR) is 66.5 cm³/mol. The first-order valence-electron chi connectivity index (χ1n) is 6.27. The Labute approximate surface area is 115 Å². The molecular formula is C13H14N2O5. The number of aliphatic hydroxyl groups excluding tert-OH is 1. The third-order valence-electron chi connectivity index (χ3n) is 2.90. The number of fused-ring (bicyclic) bond motifs is 1. The van der Waals surface area contributed by atoms with Gasteiger partial charge in [0.25, 0.3) is 5.89 Å². The number of rotatable bonds is 5. The second kappa shape index (κ2) is 5.38. The van der Waals surface area contributed by atoms with E-state index in [9.17, 15) is 5.11 Å². The fraction of sp³-hybridized carbons (Fsp3) is 0.385. The lowest BCUT2D eigenvalue weighted by Crippen LogP contribution is -1.99. The second-order valence-corrected chi connectivity index (χ2v) is 4.22. The van der Waals surface area contributed by atoms with Crippen LogP contribution in [0.15, 0.2) is 16.7 Å². The summed E-state index contributed by atoms with van der Waals surface area (Å²) in [6, 6.07) is 3.38. The number of hydrogen-bond donors (Lipinski definition) is 1. The Morgan fingerprint density at radius 1 is 1.30 bits per heavy atom. The third kappa shape index (κ3) is 2.39. The van der Waals surface area contributed by atoms with Crippen LogP contribution in [0.3, 0.4) is 0 Å². The minimum atomic E-state index is -0.157. The Morgan fingerprint density at radius 2 is 2.10 bits per heavy atom. The first kappa shape index (κ1) is 12.7. The molecule has 1 aliphatic rings. The molecule has 1 aromatic heterocycles. The van der Waals surface area contributed by atoms with Crippen molar-refractivity contribution >= 4 is 0 Å². The molecule has 0 saturated carbocycles. The molecule has 0 atom stereocenters. The van der Waals surface area contributed by atoms with Gasteiger partial charge in [-0.15, -0.1) is 0 Å². The summed E-state index contributed by atoms with van der Waals surface area (Å²) in [6.45, 7) is 2.10. The van der Waals surface area contributed by atoms with Gasteiger partial charge in [-0.3, -0.25) is 0 Å². The van der Waals surface area contributed by atoms with Crippen molar-refractivity contribution in [3.05, 3.63) is 29.4 Å². The van der Waals surface area contributed by atoms with Gasteiger partial charge in [0.15, 0.2) is 23.9 Å². The van der Waals surface area contributed by atoms with Crippen molar-refractivity contribution in [2.45, 2.75) is 26.6 Å². The average Bonchev–Trinajstić information content (AvgIpc) is 3.12. The fourth-order valence-electron chi connectivity index (χ4n) is 1.86. The second-order valence-electron chi connectivity index (χ2n) is 4.22. The summed E-state index contributed by atoms with van der Waals surface area (Å²) in [6.07, 6.45) is 0.704. The fourth-order valence-corrected chi connectivity index (χ4v) is 1.86. The molecule has 106 valence electrons. The minimum Gasteiger partial charge on any atom is -0.483 e. The molecule has 0 aliphatic carbocycles. The molecule has 0 amide bonds. The molecule has 1 aliphatic heterocycles. The number of aryl methyl sites for hydroxylation is 1. The predicted octanol–water partition coefficient (Wildman–Crippen LogP) is 1.43. The molecule has 1 N–H and O–H groups in total. The molecule has 2 heterocycles. The highest BCUT2D eigenvalue weighted by atomic mass is 16.7. The number of benzene rings is 1. The van der Waals surface area contributed by atoms with Crippen LogP contribution in [0.25, 0.3) is 0 Å². The Balaban J connectivity index is 1.76. The normalized spacial score (nSPS) is 12.7. The first-order chi connectivity index (χ1) is 9.80. The zero-order valence-corrected chi connectivity index (χ0v) is 11.0. The van der Waals surface area contributed by atoms with E-state index in [0.29, 0.717) is 40.9 Å². The highest BCUT2D eigenvalue weighted by molar-refractivity contribution is 5.51. The Morgan fingerprint density at radius 3 is 2.80 bits per heavy atom. The number of aromatic nitrogens is 2. The quantitative estimate of drug-likeness (QED) is 0.885. The Kier molecular flexibility index (Phi) is 3.42. The summed E-state index contributed by atoms with van der Waals surface area (Å²) in [5, 5.41) is 13.1. The maximum atomic E-state index is 9.36. The molecule has 0 fully saturated rings. The summed E-state index contributed by atoms with van der Waals surface area (Å²) in [4.78, 5) is 4.15. The largest absolute Gasteiger partial charge is 0.483 e. The number of nitrogens with zero attached hydrogens (tertiary/aromatic N) is 2. The summed E-state index contributed by atoms with van der Waals surface area (Å²) in [7, 11) is 0. The van der Waals surface area contributed by atoms with Crippen LogP contribution in [0, 0.1) is 0 Å². The van der Waals surface area contributed by atoms with Gasteiger partial charge in [-0.05, 0) is 6.07 Å². The molecule has 0 spiro atoms. The van der Waals surface area contributed by atoms with Gasteiger partial charge in [0.2, 0.25) is 6.79 Å². The van der Waals surface area contributed by atoms with E-state index >= 15 is 0 Å². The van der Waals surface area contributed by atoms with Gasteiger partial charge in [-0.25, -0.2) is 0 Å².